The number of benzene rings is 1. The van der Waals surface area contributed by atoms with Crippen molar-refractivity contribution in [3.8, 4) is 11.5 Å². The molecule has 37 heavy (non-hydrogen) atoms. The third-order valence-electron chi connectivity index (χ3n) is 6.15. The fourth-order valence-electron chi connectivity index (χ4n) is 4.17. The van der Waals surface area contributed by atoms with Gasteiger partial charge >= 0.3 is 12.1 Å². The number of halogens is 6. The van der Waals surface area contributed by atoms with Crippen molar-refractivity contribution in [1.82, 2.24) is 24.7 Å². The Bertz CT molecular complexity index is 1570. The Hall–Kier alpha value is -3.81. The zero-order valence-electron chi connectivity index (χ0n) is 19.1. The second kappa shape index (κ2) is 8.10. The van der Waals surface area contributed by atoms with E-state index >= 15 is 0 Å². The maximum absolute atomic E-state index is 13.6. The zero-order chi connectivity index (χ0) is 26.9. The molecule has 0 fully saturated rings. The Labute approximate surface area is 209 Å². The highest BCUT2D eigenvalue weighted by atomic mass is 35.5. The largest absolute Gasteiger partial charge is 0.453 e. The number of anilines is 2. The van der Waals surface area contributed by atoms with Crippen LogP contribution < -0.4 is 11.1 Å². The molecule has 15 heteroatoms. The van der Waals surface area contributed by atoms with E-state index in [2.05, 4.69) is 25.4 Å². The number of carbonyl (C=O) groups is 1. The van der Waals surface area contributed by atoms with Gasteiger partial charge in [0.1, 0.15) is 23.1 Å². The molecule has 194 valence electrons. The standard InChI is InChI=1S/C22H17ClF5N7O2/c1-9-8-30-19(37-9)20(2)13-15(29)31-17(32-16(13)33-18(20)36)14-11-4-3-10(23)7-12(11)35(34-14)6-5-21(24,25)22(26,27)28/h3-4,7-8H,5-6H2,1-2H3,(H3,29,31,32,33,36). The third-order valence-corrected chi connectivity index (χ3v) is 6.38. The lowest BCUT2D eigenvalue weighted by atomic mass is 9.84. The molecule has 0 aliphatic carbocycles. The number of hydrogen-bond donors (Lipinski definition) is 2. The van der Waals surface area contributed by atoms with Crippen LogP contribution in [0.15, 0.2) is 28.8 Å². The number of carbonyl (C=O) groups excluding carboxylic acids is 1. The van der Waals surface area contributed by atoms with Crippen molar-refractivity contribution in [2.24, 2.45) is 0 Å². The number of nitrogens with zero attached hydrogens (tertiary/aromatic N) is 5. The molecule has 4 aromatic rings. The van der Waals surface area contributed by atoms with E-state index < -0.39 is 36.4 Å². The SMILES string of the molecule is Cc1cnc(C2(C)C(=O)Nc3nc(-c4nn(CCC(F)(F)C(F)(F)F)c5cc(Cl)ccc45)nc(N)c32)o1. The van der Waals surface area contributed by atoms with E-state index in [1.54, 1.807) is 13.8 Å². The fraction of sp³-hybridized carbons (Fsp3) is 0.318. The number of aryl methyl sites for hydroxylation is 2. The van der Waals surface area contributed by atoms with E-state index in [0.29, 0.717) is 11.1 Å². The molecule has 0 saturated carbocycles. The van der Waals surface area contributed by atoms with Crippen molar-refractivity contribution in [3.63, 3.8) is 0 Å². The maximum atomic E-state index is 13.6. The molecule has 0 spiro atoms. The molecule has 0 bridgehead atoms. The topological polar surface area (TPSA) is 125 Å². The van der Waals surface area contributed by atoms with Gasteiger partial charge in [-0.25, -0.2) is 15.0 Å². The van der Waals surface area contributed by atoms with Crippen LogP contribution in [0.25, 0.3) is 22.4 Å². The first-order chi connectivity index (χ1) is 17.2. The number of aromatic nitrogens is 5. The van der Waals surface area contributed by atoms with Crippen LogP contribution in [0.4, 0.5) is 33.6 Å². The molecule has 1 unspecified atom stereocenters. The second-order valence-electron chi connectivity index (χ2n) is 8.70. The number of rotatable bonds is 5. The number of nitrogen functional groups attached to an aromatic ring is 1. The Morgan fingerprint density at radius 1 is 1.22 bits per heavy atom. The van der Waals surface area contributed by atoms with Gasteiger partial charge in [-0.05, 0) is 32.0 Å². The Kier molecular flexibility index (Phi) is 5.44. The summed E-state index contributed by atoms with van der Waals surface area (Å²) in [6.07, 6.45) is -5.81. The Morgan fingerprint density at radius 3 is 2.59 bits per heavy atom. The molecule has 1 aromatic carbocycles. The van der Waals surface area contributed by atoms with E-state index in [1.807, 2.05) is 0 Å². The molecule has 0 saturated heterocycles. The van der Waals surface area contributed by atoms with Crippen LogP contribution in [0.5, 0.6) is 0 Å². The lowest BCUT2D eigenvalue weighted by molar-refractivity contribution is -0.285. The molecule has 3 N–H and O–H groups in total. The molecule has 3 aromatic heterocycles. The summed E-state index contributed by atoms with van der Waals surface area (Å²) in [6.45, 7) is 2.43. The van der Waals surface area contributed by atoms with Gasteiger partial charge in [-0.1, -0.05) is 11.6 Å². The van der Waals surface area contributed by atoms with Crippen molar-refractivity contribution in [1.29, 1.82) is 0 Å². The monoisotopic (exact) mass is 541 g/mol. The highest BCUT2D eigenvalue weighted by molar-refractivity contribution is 6.31. The van der Waals surface area contributed by atoms with Crippen LogP contribution >= 0.6 is 11.6 Å². The summed E-state index contributed by atoms with van der Waals surface area (Å²) in [5.41, 5.74) is 5.27. The summed E-state index contributed by atoms with van der Waals surface area (Å²) in [6, 6.07) is 4.37. The van der Waals surface area contributed by atoms with Gasteiger partial charge < -0.3 is 15.5 Å². The summed E-state index contributed by atoms with van der Waals surface area (Å²) < 4.78 is 71.8. The molecule has 5 rings (SSSR count). The normalized spacial score (nSPS) is 17.9. The molecule has 9 nitrogen and oxygen atoms in total. The van der Waals surface area contributed by atoms with Crippen molar-refractivity contribution >= 4 is 40.0 Å². The number of fused-ring (bicyclic) bond motifs is 2. The number of nitrogens with two attached hydrogens (primary N) is 1. The number of nitrogens with one attached hydrogen (secondary N) is 1. The minimum atomic E-state index is -5.71. The van der Waals surface area contributed by atoms with Gasteiger partial charge in [0, 0.05) is 23.4 Å². The maximum Gasteiger partial charge on any atom is 0.453 e. The van der Waals surface area contributed by atoms with Crippen molar-refractivity contribution in [2.75, 3.05) is 11.1 Å². The lowest BCUT2D eigenvalue weighted by Gasteiger charge is -2.19. The number of alkyl halides is 5. The van der Waals surface area contributed by atoms with E-state index in [9.17, 15) is 26.7 Å². The van der Waals surface area contributed by atoms with Crippen molar-refractivity contribution in [2.45, 2.75) is 44.3 Å². The molecule has 1 atom stereocenters. The van der Waals surface area contributed by atoms with Gasteiger partial charge in [-0.3, -0.25) is 9.48 Å². The highest BCUT2D eigenvalue weighted by Gasteiger charge is 2.57. The lowest BCUT2D eigenvalue weighted by Crippen LogP contribution is -2.37. The van der Waals surface area contributed by atoms with Gasteiger partial charge in [0.05, 0.1) is 17.3 Å². The van der Waals surface area contributed by atoms with Gasteiger partial charge in [-0.2, -0.15) is 27.1 Å². The summed E-state index contributed by atoms with van der Waals surface area (Å²) in [5.74, 6) is -5.01. The van der Waals surface area contributed by atoms with E-state index in [0.717, 1.165) is 4.68 Å². The van der Waals surface area contributed by atoms with E-state index in [4.69, 9.17) is 21.8 Å². The van der Waals surface area contributed by atoms with Crippen LogP contribution in [0.2, 0.25) is 5.02 Å². The van der Waals surface area contributed by atoms with Crippen LogP contribution in [0.1, 0.15) is 30.6 Å². The minimum Gasteiger partial charge on any atom is -0.444 e. The first-order valence-corrected chi connectivity index (χ1v) is 11.1. The van der Waals surface area contributed by atoms with Gasteiger partial charge in [0.2, 0.25) is 11.8 Å². The van der Waals surface area contributed by atoms with Gasteiger partial charge in [0.25, 0.3) is 0 Å². The zero-order valence-corrected chi connectivity index (χ0v) is 19.9. The Balaban J connectivity index is 1.60. The molecule has 1 aliphatic heterocycles. The second-order valence-corrected chi connectivity index (χ2v) is 9.13. The average Bonchev–Trinajstić information content (AvgIpc) is 3.46. The fourth-order valence-corrected chi connectivity index (χ4v) is 4.34. The van der Waals surface area contributed by atoms with Crippen molar-refractivity contribution < 1.29 is 31.2 Å². The highest BCUT2D eigenvalue weighted by Crippen LogP contribution is 2.45. The van der Waals surface area contributed by atoms with Gasteiger partial charge in [0.15, 0.2) is 11.2 Å². The summed E-state index contributed by atoms with van der Waals surface area (Å²) >= 11 is 6.04. The summed E-state index contributed by atoms with van der Waals surface area (Å²) in [4.78, 5) is 25.7. The van der Waals surface area contributed by atoms with E-state index in [-0.39, 0.29) is 45.1 Å². The predicted molar refractivity (Wildman–Crippen MR) is 122 cm³/mol. The molecule has 4 heterocycles. The first kappa shape index (κ1) is 24.9. The molecule has 1 aliphatic rings. The van der Waals surface area contributed by atoms with Gasteiger partial charge in [-0.15, -0.1) is 0 Å². The smallest absolute Gasteiger partial charge is 0.444 e. The van der Waals surface area contributed by atoms with Crippen LogP contribution in [-0.4, -0.2) is 42.7 Å². The van der Waals surface area contributed by atoms with E-state index in [1.165, 1.54) is 24.4 Å². The predicted octanol–water partition coefficient (Wildman–Crippen LogP) is 4.87. The molecular formula is C22H17ClF5N7O2. The van der Waals surface area contributed by atoms with Crippen LogP contribution in [0, 0.1) is 6.92 Å². The summed E-state index contributed by atoms with van der Waals surface area (Å²) in [5, 5.41) is 7.36. The number of hydrogen-bond acceptors (Lipinski definition) is 7. The van der Waals surface area contributed by atoms with Crippen molar-refractivity contribution in [3.05, 3.63) is 46.6 Å². The minimum absolute atomic E-state index is 0.0475. The molecular weight excluding hydrogens is 525 g/mol. The number of amides is 1. The molecule has 0 radical (unpaired) electrons. The average molecular weight is 542 g/mol. The Morgan fingerprint density at radius 2 is 1.95 bits per heavy atom. The van der Waals surface area contributed by atoms with Crippen LogP contribution in [0.3, 0.4) is 0 Å². The summed E-state index contributed by atoms with van der Waals surface area (Å²) in [7, 11) is 0. The third kappa shape index (κ3) is 3.86. The quantitative estimate of drug-likeness (QED) is 0.345. The number of oxazole rings is 1. The van der Waals surface area contributed by atoms with Crippen LogP contribution in [-0.2, 0) is 16.8 Å². The molecule has 1 amide bonds. The first-order valence-electron chi connectivity index (χ1n) is 10.8.